The van der Waals surface area contributed by atoms with Crippen molar-refractivity contribution in [3.05, 3.63) is 59.2 Å². The molecule has 0 bridgehead atoms. The zero-order valence-electron chi connectivity index (χ0n) is 14.7. The van der Waals surface area contributed by atoms with E-state index in [9.17, 15) is 19.5 Å². The van der Waals surface area contributed by atoms with Crippen LogP contribution in [0.25, 0.3) is 0 Å². The summed E-state index contributed by atoms with van der Waals surface area (Å²) in [5, 5.41) is 12.5. The van der Waals surface area contributed by atoms with Crippen LogP contribution in [-0.2, 0) is 9.53 Å². The number of anilines is 1. The van der Waals surface area contributed by atoms with Gasteiger partial charge in [-0.25, -0.2) is 4.79 Å². The van der Waals surface area contributed by atoms with Gasteiger partial charge in [-0.2, -0.15) is 0 Å². The molecule has 0 radical (unpaired) electrons. The van der Waals surface area contributed by atoms with Crippen molar-refractivity contribution in [3.63, 3.8) is 0 Å². The fraction of sp³-hybridized carbons (Fsp3) is 0.250. The van der Waals surface area contributed by atoms with Gasteiger partial charge in [0.2, 0.25) is 5.91 Å². The average Bonchev–Trinajstić information content (AvgIpc) is 2.60. The van der Waals surface area contributed by atoms with Crippen LogP contribution in [-0.4, -0.2) is 29.4 Å². The van der Waals surface area contributed by atoms with Gasteiger partial charge < -0.3 is 15.2 Å². The predicted octanol–water partition coefficient (Wildman–Crippen LogP) is 3.48. The first-order valence-electron chi connectivity index (χ1n) is 8.30. The summed E-state index contributed by atoms with van der Waals surface area (Å²) < 4.78 is 4.97. The maximum atomic E-state index is 12.1. The highest BCUT2D eigenvalue weighted by Gasteiger charge is 2.15. The second kappa shape index (κ2) is 8.80. The number of hydrogen-bond donors (Lipinski definition) is 2. The highest BCUT2D eigenvalue weighted by Crippen LogP contribution is 2.19. The Balaban J connectivity index is 1.93. The molecule has 6 nitrogen and oxygen atoms in total. The molecule has 1 amide bonds. The van der Waals surface area contributed by atoms with Crippen LogP contribution in [0.3, 0.4) is 0 Å². The van der Waals surface area contributed by atoms with E-state index < -0.39 is 12.6 Å². The largest absolute Gasteiger partial charge is 0.507 e. The van der Waals surface area contributed by atoms with Gasteiger partial charge in [-0.3, -0.25) is 9.59 Å². The molecular formula is C20H21NO5. The van der Waals surface area contributed by atoms with E-state index in [1.807, 2.05) is 6.92 Å². The first kappa shape index (κ1) is 19.2. The van der Waals surface area contributed by atoms with Gasteiger partial charge in [-0.1, -0.05) is 13.0 Å². The van der Waals surface area contributed by atoms with E-state index >= 15 is 0 Å². The summed E-state index contributed by atoms with van der Waals surface area (Å²) in [6, 6.07) is 10.9. The number of carbonyl (C=O) groups is 3. The molecule has 0 aromatic heterocycles. The van der Waals surface area contributed by atoms with Gasteiger partial charge in [0.05, 0.1) is 0 Å². The number of nitrogens with one attached hydrogen (secondary N) is 1. The summed E-state index contributed by atoms with van der Waals surface area (Å²) in [4.78, 5) is 35.6. The van der Waals surface area contributed by atoms with Crippen LogP contribution in [0.15, 0.2) is 42.5 Å². The molecule has 0 unspecified atom stereocenters. The zero-order valence-corrected chi connectivity index (χ0v) is 14.7. The Hall–Kier alpha value is -3.15. The smallest absolute Gasteiger partial charge is 0.342 e. The monoisotopic (exact) mass is 355 g/mol. The topological polar surface area (TPSA) is 92.7 Å². The molecule has 0 aliphatic heterocycles. The van der Waals surface area contributed by atoms with Crippen molar-refractivity contribution in [2.45, 2.75) is 26.7 Å². The number of rotatable bonds is 7. The maximum Gasteiger partial charge on any atom is 0.342 e. The van der Waals surface area contributed by atoms with E-state index in [0.29, 0.717) is 17.7 Å². The predicted molar refractivity (Wildman–Crippen MR) is 97.4 cm³/mol. The van der Waals surface area contributed by atoms with E-state index in [0.717, 1.165) is 12.0 Å². The molecule has 0 atom stereocenters. The third-order valence-corrected chi connectivity index (χ3v) is 3.68. The molecule has 6 heteroatoms. The fourth-order valence-electron chi connectivity index (χ4n) is 2.30. The first-order chi connectivity index (χ1) is 12.4. The van der Waals surface area contributed by atoms with Crippen molar-refractivity contribution in [1.29, 1.82) is 0 Å². The van der Waals surface area contributed by atoms with E-state index in [4.69, 9.17) is 4.74 Å². The Kier molecular flexibility index (Phi) is 6.49. The number of ether oxygens (including phenoxy) is 1. The number of esters is 1. The molecule has 0 aliphatic rings. The maximum absolute atomic E-state index is 12.1. The Bertz CT molecular complexity index is 811. The Morgan fingerprint density at radius 1 is 1.08 bits per heavy atom. The summed E-state index contributed by atoms with van der Waals surface area (Å²) >= 11 is 0. The number of ketones is 1. The number of aromatic hydroxyl groups is 1. The summed E-state index contributed by atoms with van der Waals surface area (Å²) in [6.07, 6.45) is 1.19. The number of benzene rings is 2. The van der Waals surface area contributed by atoms with Crippen LogP contribution in [0.4, 0.5) is 5.69 Å². The van der Waals surface area contributed by atoms with Gasteiger partial charge in [0.25, 0.3) is 0 Å². The van der Waals surface area contributed by atoms with Crippen LogP contribution in [0, 0.1) is 6.92 Å². The fourth-order valence-corrected chi connectivity index (χ4v) is 2.30. The summed E-state index contributed by atoms with van der Waals surface area (Å²) in [6.45, 7) is 3.26. The van der Waals surface area contributed by atoms with Gasteiger partial charge in [0.15, 0.2) is 12.4 Å². The second-order valence-electron chi connectivity index (χ2n) is 5.90. The molecule has 0 saturated heterocycles. The molecule has 2 aromatic rings. The average molecular weight is 355 g/mol. The highest BCUT2D eigenvalue weighted by atomic mass is 16.5. The summed E-state index contributed by atoms with van der Waals surface area (Å²) in [5.41, 5.74) is 1.78. The lowest BCUT2D eigenvalue weighted by Gasteiger charge is -2.08. The molecule has 2 rings (SSSR count). The molecule has 26 heavy (non-hydrogen) atoms. The van der Waals surface area contributed by atoms with Crippen LogP contribution in [0.1, 0.15) is 46.0 Å². The summed E-state index contributed by atoms with van der Waals surface area (Å²) in [5.74, 6) is -1.41. The Morgan fingerprint density at radius 3 is 2.38 bits per heavy atom. The number of phenols is 1. The first-order valence-corrected chi connectivity index (χ1v) is 8.30. The number of phenolic OH excluding ortho intramolecular Hbond substituents is 1. The molecule has 2 aromatic carbocycles. The van der Waals surface area contributed by atoms with Crippen LogP contribution >= 0.6 is 0 Å². The third-order valence-electron chi connectivity index (χ3n) is 3.68. The molecular weight excluding hydrogens is 334 g/mol. The second-order valence-corrected chi connectivity index (χ2v) is 5.90. The van der Waals surface area contributed by atoms with Crippen LogP contribution in [0.5, 0.6) is 5.75 Å². The number of amides is 1. The van der Waals surface area contributed by atoms with Gasteiger partial charge in [0.1, 0.15) is 11.3 Å². The molecule has 2 N–H and O–H groups in total. The molecule has 0 spiro atoms. The number of hydrogen-bond acceptors (Lipinski definition) is 5. The molecule has 0 aliphatic carbocycles. The molecule has 0 fully saturated rings. The van der Waals surface area contributed by atoms with E-state index in [-0.39, 0.29) is 23.0 Å². The van der Waals surface area contributed by atoms with Crippen molar-refractivity contribution >= 4 is 23.3 Å². The molecule has 136 valence electrons. The summed E-state index contributed by atoms with van der Waals surface area (Å²) in [7, 11) is 0. The van der Waals surface area contributed by atoms with Crippen molar-refractivity contribution in [2.75, 3.05) is 11.9 Å². The van der Waals surface area contributed by atoms with Gasteiger partial charge >= 0.3 is 5.97 Å². The Morgan fingerprint density at radius 2 is 1.77 bits per heavy atom. The standard InChI is InChI=1S/C20H21NO5/c1-3-4-19(24)21-15-8-6-14(7-9-15)18(23)12-26-20(25)16-10-5-13(2)11-17(16)22/h5-11,22H,3-4,12H2,1-2H3,(H,21,24). The van der Waals surface area contributed by atoms with E-state index in [1.54, 1.807) is 37.3 Å². The minimum atomic E-state index is -0.765. The Labute approximate surface area is 151 Å². The quantitative estimate of drug-likeness (QED) is 0.586. The van der Waals surface area contributed by atoms with E-state index in [2.05, 4.69) is 5.32 Å². The zero-order chi connectivity index (χ0) is 19.1. The van der Waals surface area contributed by atoms with Crippen molar-refractivity contribution in [1.82, 2.24) is 0 Å². The number of carbonyl (C=O) groups excluding carboxylic acids is 3. The lowest BCUT2D eigenvalue weighted by Crippen LogP contribution is -2.15. The van der Waals surface area contributed by atoms with Gasteiger partial charge in [-0.15, -0.1) is 0 Å². The minimum Gasteiger partial charge on any atom is -0.507 e. The van der Waals surface area contributed by atoms with Crippen molar-refractivity contribution in [3.8, 4) is 5.75 Å². The SMILES string of the molecule is CCCC(=O)Nc1ccc(C(=O)COC(=O)c2ccc(C)cc2O)cc1. The lowest BCUT2D eigenvalue weighted by atomic mass is 10.1. The van der Waals surface area contributed by atoms with Gasteiger partial charge in [0, 0.05) is 17.7 Å². The molecule has 0 saturated carbocycles. The lowest BCUT2D eigenvalue weighted by molar-refractivity contribution is -0.116. The van der Waals surface area contributed by atoms with Crippen LogP contribution in [0.2, 0.25) is 0 Å². The number of Topliss-reactive ketones (excluding diaryl/α,β-unsaturated/α-hetero) is 1. The highest BCUT2D eigenvalue weighted by molar-refractivity contribution is 6.00. The third kappa shape index (κ3) is 5.17. The molecule has 0 heterocycles. The normalized spacial score (nSPS) is 10.2. The van der Waals surface area contributed by atoms with Crippen molar-refractivity contribution < 1.29 is 24.2 Å². The minimum absolute atomic E-state index is 0.0115. The van der Waals surface area contributed by atoms with Crippen molar-refractivity contribution in [2.24, 2.45) is 0 Å². The number of aryl methyl sites for hydroxylation is 1. The van der Waals surface area contributed by atoms with Gasteiger partial charge in [-0.05, 0) is 55.3 Å². The van der Waals surface area contributed by atoms with E-state index in [1.165, 1.54) is 12.1 Å². The van der Waals surface area contributed by atoms with Crippen LogP contribution < -0.4 is 5.32 Å².